The molecular formula is C13H24O10. The average molecular weight is 340 g/mol. The van der Waals surface area contributed by atoms with Crippen molar-refractivity contribution in [2.24, 2.45) is 0 Å². The summed E-state index contributed by atoms with van der Waals surface area (Å²) in [7, 11) is 0. The number of hydrogen-bond donors (Lipinski definition) is 6. The molecule has 0 saturated carbocycles. The molecular weight excluding hydrogens is 316 g/mol. The maximum Gasteiger partial charge on any atom is 0.186 e. The molecule has 6 N–H and O–H groups in total. The van der Waals surface area contributed by atoms with Gasteiger partial charge in [0.25, 0.3) is 0 Å². The summed E-state index contributed by atoms with van der Waals surface area (Å²) in [5, 5.41) is 58.2. The van der Waals surface area contributed by atoms with Gasteiger partial charge in [0.15, 0.2) is 12.6 Å². The topological polar surface area (TPSA) is 158 Å². The van der Waals surface area contributed by atoms with Gasteiger partial charge in [-0.25, -0.2) is 0 Å². The van der Waals surface area contributed by atoms with Crippen molar-refractivity contribution in [3.05, 3.63) is 0 Å². The van der Waals surface area contributed by atoms with E-state index in [0.717, 1.165) is 0 Å². The van der Waals surface area contributed by atoms with E-state index in [1.807, 2.05) is 0 Å². The first-order chi connectivity index (χ1) is 10.9. The predicted molar refractivity (Wildman–Crippen MR) is 72.0 cm³/mol. The zero-order valence-corrected chi connectivity index (χ0v) is 12.6. The summed E-state index contributed by atoms with van der Waals surface area (Å²) in [6.45, 7) is 1.39. The van der Waals surface area contributed by atoms with Crippen molar-refractivity contribution in [3.63, 3.8) is 0 Å². The molecule has 0 aromatic carbocycles. The molecule has 136 valence electrons. The molecule has 2 rings (SSSR count). The molecule has 10 heteroatoms. The largest absolute Gasteiger partial charge is 0.388 e. The van der Waals surface area contributed by atoms with Gasteiger partial charge in [-0.05, 0) is 6.92 Å². The van der Waals surface area contributed by atoms with Crippen LogP contribution in [0.1, 0.15) is 6.92 Å². The fourth-order valence-corrected chi connectivity index (χ4v) is 2.47. The first-order valence-electron chi connectivity index (χ1n) is 7.45. The van der Waals surface area contributed by atoms with Gasteiger partial charge in [-0.2, -0.15) is 0 Å². The molecule has 2 saturated heterocycles. The van der Waals surface area contributed by atoms with Crippen LogP contribution in [0.15, 0.2) is 0 Å². The van der Waals surface area contributed by atoms with Gasteiger partial charge in [-0.15, -0.1) is 0 Å². The number of aliphatic hydroxyl groups is 6. The highest BCUT2D eigenvalue weighted by Gasteiger charge is 2.45. The van der Waals surface area contributed by atoms with Crippen LogP contribution in [0.4, 0.5) is 0 Å². The third kappa shape index (κ3) is 4.17. The van der Waals surface area contributed by atoms with Gasteiger partial charge in [0.05, 0.1) is 13.2 Å². The van der Waals surface area contributed by atoms with Crippen LogP contribution >= 0.6 is 0 Å². The minimum atomic E-state index is -1.49. The Balaban J connectivity index is 1.91. The summed E-state index contributed by atoms with van der Waals surface area (Å²) in [4.78, 5) is 0. The molecule has 0 bridgehead atoms. The van der Waals surface area contributed by atoms with E-state index >= 15 is 0 Å². The molecule has 2 fully saturated rings. The molecule has 10 nitrogen and oxygen atoms in total. The molecule has 2 aliphatic rings. The molecule has 0 aromatic rings. The Labute approximate surface area is 132 Å². The highest BCUT2D eigenvalue weighted by atomic mass is 16.7. The molecule has 0 aliphatic carbocycles. The van der Waals surface area contributed by atoms with E-state index in [1.165, 1.54) is 0 Å². The Kier molecular flexibility index (Phi) is 6.68. The van der Waals surface area contributed by atoms with Crippen LogP contribution in [0.5, 0.6) is 0 Å². The summed E-state index contributed by atoms with van der Waals surface area (Å²) < 4.78 is 20.8. The van der Waals surface area contributed by atoms with Crippen LogP contribution in [0.25, 0.3) is 0 Å². The molecule has 0 amide bonds. The van der Waals surface area contributed by atoms with E-state index in [0.29, 0.717) is 0 Å². The van der Waals surface area contributed by atoms with Crippen molar-refractivity contribution in [1.29, 1.82) is 0 Å². The summed E-state index contributed by atoms with van der Waals surface area (Å²) >= 11 is 0. The SMILES string of the molecule is CCOC1OC(COC2OCC(O)C(O)C2O)C(O)C(O)C1O. The standard InChI is InChI=1S/C13H24O10/c1-2-20-13-11(19)9(17)8(16)6(23-13)4-22-12-10(18)7(15)5(14)3-21-12/h5-19H,2-4H2,1H3. The van der Waals surface area contributed by atoms with Gasteiger partial charge in [-0.3, -0.25) is 0 Å². The van der Waals surface area contributed by atoms with E-state index in [2.05, 4.69) is 0 Å². The Morgan fingerprint density at radius 1 is 0.826 bits per heavy atom. The van der Waals surface area contributed by atoms with Crippen molar-refractivity contribution in [1.82, 2.24) is 0 Å². The van der Waals surface area contributed by atoms with E-state index in [4.69, 9.17) is 18.9 Å². The van der Waals surface area contributed by atoms with E-state index < -0.39 is 55.3 Å². The minimum Gasteiger partial charge on any atom is -0.388 e. The summed E-state index contributed by atoms with van der Waals surface area (Å²) in [5.74, 6) is 0. The lowest BCUT2D eigenvalue weighted by Gasteiger charge is -2.41. The highest BCUT2D eigenvalue weighted by Crippen LogP contribution is 2.24. The van der Waals surface area contributed by atoms with Crippen LogP contribution in [0.2, 0.25) is 0 Å². The third-order valence-electron chi connectivity index (χ3n) is 3.88. The number of rotatable bonds is 5. The zero-order valence-electron chi connectivity index (χ0n) is 12.6. The summed E-state index contributed by atoms with van der Waals surface area (Å²) in [5.41, 5.74) is 0. The van der Waals surface area contributed by atoms with Gasteiger partial charge in [-0.1, -0.05) is 0 Å². The lowest BCUT2D eigenvalue weighted by molar-refractivity contribution is -0.320. The number of hydrogen-bond acceptors (Lipinski definition) is 10. The Morgan fingerprint density at radius 3 is 2.13 bits per heavy atom. The monoisotopic (exact) mass is 340 g/mol. The van der Waals surface area contributed by atoms with Crippen LogP contribution in [0, 0.1) is 0 Å². The van der Waals surface area contributed by atoms with Gasteiger partial charge in [0.1, 0.15) is 42.7 Å². The molecule has 23 heavy (non-hydrogen) atoms. The van der Waals surface area contributed by atoms with E-state index in [1.54, 1.807) is 6.92 Å². The van der Waals surface area contributed by atoms with Crippen molar-refractivity contribution >= 4 is 0 Å². The zero-order chi connectivity index (χ0) is 17.1. The summed E-state index contributed by atoms with van der Waals surface area (Å²) in [6, 6.07) is 0. The predicted octanol–water partition coefficient (Wildman–Crippen LogP) is -3.71. The van der Waals surface area contributed by atoms with Gasteiger partial charge in [0.2, 0.25) is 0 Å². The van der Waals surface area contributed by atoms with E-state index in [-0.39, 0.29) is 19.8 Å². The fourth-order valence-electron chi connectivity index (χ4n) is 2.47. The second-order valence-corrected chi connectivity index (χ2v) is 5.55. The molecule has 0 aromatic heterocycles. The fraction of sp³-hybridized carbons (Fsp3) is 1.00. The number of aliphatic hydroxyl groups excluding tert-OH is 6. The second-order valence-electron chi connectivity index (χ2n) is 5.55. The molecule has 0 spiro atoms. The first-order valence-corrected chi connectivity index (χ1v) is 7.45. The van der Waals surface area contributed by atoms with Crippen molar-refractivity contribution < 1.29 is 49.6 Å². The van der Waals surface area contributed by atoms with Gasteiger partial charge >= 0.3 is 0 Å². The molecule has 2 aliphatic heterocycles. The summed E-state index contributed by atoms with van der Waals surface area (Å²) in [6.07, 6.45) is -11.8. The van der Waals surface area contributed by atoms with Gasteiger partial charge in [0, 0.05) is 6.61 Å². The lowest BCUT2D eigenvalue weighted by Crippen LogP contribution is -2.60. The van der Waals surface area contributed by atoms with Crippen LogP contribution < -0.4 is 0 Å². The maximum absolute atomic E-state index is 9.92. The van der Waals surface area contributed by atoms with Crippen molar-refractivity contribution in [2.75, 3.05) is 19.8 Å². The lowest BCUT2D eigenvalue weighted by atomic mass is 9.99. The van der Waals surface area contributed by atoms with Crippen LogP contribution in [-0.2, 0) is 18.9 Å². The van der Waals surface area contributed by atoms with E-state index in [9.17, 15) is 30.6 Å². The second kappa shape index (κ2) is 8.12. The highest BCUT2D eigenvalue weighted by molar-refractivity contribution is 4.90. The Hall–Kier alpha value is -0.400. The molecule has 9 unspecified atom stereocenters. The third-order valence-corrected chi connectivity index (χ3v) is 3.88. The Bertz CT molecular complexity index is 369. The maximum atomic E-state index is 9.92. The molecule has 0 radical (unpaired) electrons. The van der Waals surface area contributed by atoms with Crippen molar-refractivity contribution in [2.45, 2.75) is 62.2 Å². The Morgan fingerprint density at radius 2 is 1.48 bits per heavy atom. The molecule has 2 heterocycles. The molecule has 9 atom stereocenters. The quantitative estimate of drug-likeness (QED) is 0.294. The smallest absolute Gasteiger partial charge is 0.186 e. The minimum absolute atomic E-state index is 0.222. The van der Waals surface area contributed by atoms with Crippen molar-refractivity contribution in [3.8, 4) is 0 Å². The van der Waals surface area contributed by atoms with Gasteiger partial charge < -0.3 is 49.6 Å². The average Bonchev–Trinajstić information content (AvgIpc) is 2.53. The van der Waals surface area contributed by atoms with Crippen LogP contribution in [0.3, 0.4) is 0 Å². The normalized spacial score (nSPS) is 48.4. The first kappa shape index (κ1) is 18.9. The number of ether oxygens (including phenoxy) is 4. The van der Waals surface area contributed by atoms with Crippen LogP contribution in [-0.4, -0.2) is 106 Å².